The number of ether oxygens (including phenoxy) is 1. The number of para-hydroxylation sites is 1. The molecule has 39 heavy (non-hydrogen) atoms. The van der Waals surface area contributed by atoms with Gasteiger partial charge in [0.2, 0.25) is 0 Å². The second-order valence-corrected chi connectivity index (χ2v) is 9.96. The lowest BCUT2D eigenvalue weighted by molar-refractivity contribution is 0.154. The van der Waals surface area contributed by atoms with E-state index >= 15 is 0 Å². The van der Waals surface area contributed by atoms with Crippen LogP contribution in [0.4, 0.5) is 4.39 Å². The van der Waals surface area contributed by atoms with Crippen molar-refractivity contribution in [2.45, 2.75) is 38.2 Å². The Hall–Kier alpha value is -4.79. The molecule has 0 saturated heterocycles. The van der Waals surface area contributed by atoms with Crippen molar-refractivity contribution in [1.82, 2.24) is 30.1 Å². The smallest absolute Gasteiger partial charge is 0.159 e. The highest BCUT2D eigenvalue weighted by atomic mass is 19.1. The van der Waals surface area contributed by atoms with Crippen LogP contribution >= 0.6 is 0 Å². The van der Waals surface area contributed by atoms with Crippen LogP contribution < -0.4 is 4.74 Å². The normalized spacial score (nSPS) is 14.3. The van der Waals surface area contributed by atoms with Crippen molar-refractivity contribution >= 4 is 21.9 Å². The Kier molecular flexibility index (Phi) is 5.69. The maximum absolute atomic E-state index is 14.0. The van der Waals surface area contributed by atoms with Crippen LogP contribution in [0.3, 0.4) is 0 Å². The lowest BCUT2D eigenvalue weighted by Crippen LogP contribution is -2.19. The molecule has 7 rings (SSSR count). The van der Waals surface area contributed by atoms with E-state index in [-0.39, 0.29) is 11.9 Å². The predicted molar refractivity (Wildman–Crippen MR) is 147 cm³/mol. The van der Waals surface area contributed by atoms with Crippen LogP contribution in [-0.4, -0.2) is 41.3 Å². The average Bonchev–Trinajstić information content (AvgIpc) is 3.57. The van der Waals surface area contributed by atoms with Crippen LogP contribution in [0.2, 0.25) is 0 Å². The maximum atomic E-state index is 14.0. The fourth-order valence-corrected chi connectivity index (χ4v) is 5.36. The number of H-pyrrole nitrogens is 2. The molecule has 0 atom stereocenters. The summed E-state index contributed by atoms with van der Waals surface area (Å²) in [6.07, 6.45) is 11.4. The number of fused-ring (bicyclic) bond motifs is 2. The summed E-state index contributed by atoms with van der Waals surface area (Å²) in [5, 5.41) is 18.3. The van der Waals surface area contributed by atoms with Crippen LogP contribution in [0.5, 0.6) is 11.5 Å². The van der Waals surface area contributed by atoms with E-state index in [1.165, 1.54) is 31.4 Å². The molecule has 0 amide bonds. The van der Waals surface area contributed by atoms with Crippen LogP contribution in [0.1, 0.15) is 32.1 Å². The molecule has 6 aromatic rings. The third-order valence-electron chi connectivity index (χ3n) is 7.24. The van der Waals surface area contributed by atoms with Gasteiger partial charge in [0, 0.05) is 28.8 Å². The predicted octanol–water partition coefficient (Wildman–Crippen LogP) is 6.79. The number of benzene rings is 2. The maximum Gasteiger partial charge on any atom is 0.159 e. The molecule has 0 spiro atoms. The molecule has 8 nitrogen and oxygen atoms in total. The molecule has 4 heterocycles. The van der Waals surface area contributed by atoms with Crippen LogP contribution in [0.15, 0.2) is 67.1 Å². The van der Waals surface area contributed by atoms with Gasteiger partial charge in [-0.2, -0.15) is 5.10 Å². The minimum absolute atomic E-state index is 0.140. The number of halogens is 1. The Morgan fingerprint density at radius 3 is 2.69 bits per heavy atom. The minimum Gasteiger partial charge on any atom is -0.508 e. The fraction of sp³-hybridized carbons (Fsp3) is 0.200. The molecule has 0 unspecified atom stereocenters. The third kappa shape index (κ3) is 4.46. The first-order chi connectivity index (χ1) is 19.1. The number of nitrogens with one attached hydrogen (secondary N) is 2. The van der Waals surface area contributed by atoms with E-state index in [0.29, 0.717) is 28.2 Å². The van der Waals surface area contributed by atoms with Gasteiger partial charge in [-0.15, -0.1) is 0 Å². The van der Waals surface area contributed by atoms with Crippen molar-refractivity contribution in [3.8, 4) is 45.4 Å². The Morgan fingerprint density at radius 1 is 0.923 bits per heavy atom. The fourth-order valence-electron chi connectivity index (χ4n) is 5.36. The monoisotopic (exact) mass is 520 g/mol. The molecule has 0 radical (unpaired) electrons. The lowest BCUT2D eigenvalue weighted by Gasteiger charge is -2.22. The van der Waals surface area contributed by atoms with Gasteiger partial charge in [-0.1, -0.05) is 18.6 Å². The molecule has 1 fully saturated rings. The van der Waals surface area contributed by atoms with Gasteiger partial charge < -0.3 is 14.8 Å². The highest BCUT2D eigenvalue weighted by Gasteiger charge is 2.18. The number of pyridine rings is 2. The summed E-state index contributed by atoms with van der Waals surface area (Å²) in [6, 6.07) is 13.5. The quantitative estimate of drug-likeness (QED) is 0.231. The summed E-state index contributed by atoms with van der Waals surface area (Å²) in [6.45, 7) is 0. The van der Waals surface area contributed by atoms with Gasteiger partial charge in [-0.3, -0.25) is 15.1 Å². The van der Waals surface area contributed by atoms with E-state index in [0.717, 1.165) is 52.3 Å². The van der Waals surface area contributed by atoms with Crippen molar-refractivity contribution in [3.63, 3.8) is 0 Å². The van der Waals surface area contributed by atoms with Crippen LogP contribution in [-0.2, 0) is 0 Å². The van der Waals surface area contributed by atoms with Gasteiger partial charge >= 0.3 is 0 Å². The number of aromatic nitrogens is 6. The molecule has 9 heteroatoms. The van der Waals surface area contributed by atoms with Gasteiger partial charge in [-0.05, 0) is 61.6 Å². The topological polar surface area (TPSA) is 113 Å². The Morgan fingerprint density at radius 2 is 1.82 bits per heavy atom. The zero-order chi connectivity index (χ0) is 26.3. The van der Waals surface area contributed by atoms with E-state index in [2.05, 4.69) is 25.1 Å². The zero-order valence-corrected chi connectivity index (χ0v) is 21.0. The van der Waals surface area contributed by atoms with Crippen molar-refractivity contribution < 1.29 is 14.2 Å². The van der Waals surface area contributed by atoms with E-state index in [1.807, 2.05) is 30.3 Å². The van der Waals surface area contributed by atoms with Gasteiger partial charge in [0.05, 0.1) is 40.7 Å². The molecule has 3 N–H and O–H groups in total. The number of hydrogen-bond donors (Lipinski definition) is 3. The van der Waals surface area contributed by atoms with Crippen molar-refractivity contribution in [1.29, 1.82) is 0 Å². The summed E-state index contributed by atoms with van der Waals surface area (Å²) in [5.74, 6) is 0.661. The van der Waals surface area contributed by atoms with E-state index in [9.17, 15) is 9.50 Å². The number of rotatable bonds is 5. The summed E-state index contributed by atoms with van der Waals surface area (Å²) in [4.78, 5) is 17.2. The van der Waals surface area contributed by atoms with E-state index in [1.54, 1.807) is 18.6 Å². The third-order valence-corrected chi connectivity index (χ3v) is 7.24. The average molecular weight is 521 g/mol. The standard InChI is InChI=1S/C30H25FN6O2/c31-19-9-17(10-20(38)12-19)23-7-4-8-25-28(23)35-30(34-25)29-24-13-26(33-16-27(24)36-37-29)18-11-22(15-32-14-18)39-21-5-2-1-3-6-21/h4,7-16,21,38H,1-3,5-6H2,(H,34,35)(H,36,37). The Balaban J connectivity index is 1.26. The van der Waals surface area contributed by atoms with Crippen LogP contribution in [0.25, 0.3) is 55.8 Å². The second-order valence-electron chi connectivity index (χ2n) is 9.96. The lowest BCUT2D eigenvalue weighted by atomic mass is 9.98. The number of aromatic amines is 2. The van der Waals surface area contributed by atoms with Crippen molar-refractivity contribution in [2.75, 3.05) is 0 Å². The van der Waals surface area contributed by atoms with E-state index < -0.39 is 5.82 Å². The van der Waals surface area contributed by atoms with Gasteiger partial charge in [-0.25, -0.2) is 9.37 Å². The molecule has 1 saturated carbocycles. The van der Waals surface area contributed by atoms with Gasteiger partial charge in [0.1, 0.15) is 23.0 Å². The molecule has 194 valence electrons. The first-order valence-corrected chi connectivity index (χ1v) is 13.1. The largest absolute Gasteiger partial charge is 0.508 e. The number of nitrogens with zero attached hydrogens (tertiary/aromatic N) is 4. The molecule has 4 aromatic heterocycles. The molecule has 2 aromatic carbocycles. The molecule has 1 aliphatic carbocycles. The molecule has 1 aliphatic rings. The van der Waals surface area contributed by atoms with Crippen LogP contribution in [0, 0.1) is 5.82 Å². The molecular weight excluding hydrogens is 495 g/mol. The first-order valence-electron chi connectivity index (χ1n) is 13.1. The molecular formula is C30H25FN6O2. The number of aromatic hydroxyl groups is 1. The summed E-state index contributed by atoms with van der Waals surface area (Å²) >= 11 is 0. The highest BCUT2D eigenvalue weighted by molar-refractivity contribution is 5.97. The number of hydrogen-bond acceptors (Lipinski definition) is 6. The minimum atomic E-state index is -0.515. The van der Waals surface area contributed by atoms with Gasteiger partial charge in [0.25, 0.3) is 0 Å². The first kappa shape index (κ1) is 23.3. The second kappa shape index (κ2) is 9.50. The Labute approximate surface area is 222 Å². The Bertz CT molecular complexity index is 1800. The van der Waals surface area contributed by atoms with E-state index in [4.69, 9.17) is 9.72 Å². The van der Waals surface area contributed by atoms with Crippen molar-refractivity contribution in [3.05, 3.63) is 72.9 Å². The number of phenols is 1. The van der Waals surface area contributed by atoms with Crippen molar-refractivity contribution in [2.24, 2.45) is 0 Å². The zero-order valence-electron chi connectivity index (χ0n) is 21.0. The number of phenolic OH excluding ortho intramolecular Hbond substituents is 1. The van der Waals surface area contributed by atoms with Gasteiger partial charge in [0.15, 0.2) is 5.82 Å². The SMILES string of the molecule is Oc1cc(F)cc(-c2cccc3[nH]c(-c4n[nH]c5cnc(-c6cncc(OC7CCCCC7)c6)cc45)nc23)c1. The summed E-state index contributed by atoms with van der Waals surface area (Å²) in [5.41, 5.74) is 5.68. The molecule has 0 aliphatic heterocycles. The highest BCUT2D eigenvalue weighted by Crippen LogP contribution is 2.34. The summed E-state index contributed by atoms with van der Waals surface area (Å²) in [7, 11) is 0. The number of imidazole rings is 1. The summed E-state index contributed by atoms with van der Waals surface area (Å²) < 4.78 is 20.2. The molecule has 0 bridgehead atoms.